The van der Waals surface area contributed by atoms with Crippen molar-refractivity contribution in [2.24, 2.45) is 0 Å². The summed E-state index contributed by atoms with van der Waals surface area (Å²) >= 11 is 0. The fraction of sp³-hybridized carbons (Fsp3) is 0.769. The fourth-order valence-corrected chi connectivity index (χ4v) is 1.18. The van der Waals surface area contributed by atoms with Gasteiger partial charge in [0.25, 0.3) is 5.91 Å². The molecule has 0 aromatic heterocycles. The summed E-state index contributed by atoms with van der Waals surface area (Å²) in [5.41, 5.74) is 0. The van der Waals surface area contributed by atoms with Crippen LogP contribution in [0.5, 0.6) is 0 Å². The van der Waals surface area contributed by atoms with Crippen LogP contribution in [-0.4, -0.2) is 53.9 Å². The highest BCUT2D eigenvalue weighted by Gasteiger charge is 2.18. The van der Waals surface area contributed by atoms with Crippen LogP contribution in [0.2, 0.25) is 0 Å². The van der Waals surface area contributed by atoms with Crippen molar-refractivity contribution < 1.29 is 24.4 Å². The molecule has 1 aliphatic rings. The molecular weight excluding hydrogens is 294 g/mol. The van der Waals surface area contributed by atoms with Crippen molar-refractivity contribution in [3.8, 4) is 0 Å². The van der Waals surface area contributed by atoms with Gasteiger partial charge < -0.3 is 15.7 Å². The van der Waals surface area contributed by atoms with Crippen LogP contribution < -0.4 is 10.6 Å². The predicted octanol–water partition coefficient (Wildman–Crippen LogP) is 0.209. The number of hydrogen-bond donors (Lipinski definition) is 3. The van der Waals surface area contributed by atoms with Crippen molar-refractivity contribution in [3.05, 3.63) is 10.1 Å². The first-order valence-electron chi connectivity index (χ1n) is 7.20. The lowest BCUT2D eigenvalue weighted by Gasteiger charge is -1.96. The van der Waals surface area contributed by atoms with Crippen molar-refractivity contribution in [2.75, 3.05) is 26.2 Å². The Morgan fingerprint density at radius 1 is 1.36 bits per heavy atom. The van der Waals surface area contributed by atoms with Crippen LogP contribution >= 0.6 is 0 Å². The largest absolute Gasteiger partial charge is 0.480 e. The van der Waals surface area contributed by atoms with Crippen molar-refractivity contribution in [1.82, 2.24) is 10.6 Å². The van der Waals surface area contributed by atoms with E-state index >= 15 is 0 Å². The van der Waals surface area contributed by atoms with Gasteiger partial charge in [-0.05, 0) is 13.0 Å². The maximum Gasteiger partial charge on any atom is 0.317 e. The molecule has 0 atom stereocenters. The molecule has 3 N–H and O–H groups in total. The Hall–Kier alpha value is -2.03. The molecule has 0 unspecified atom stereocenters. The van der Waals surface area contributed by atoms with Crippen molar-refractivity contribution in [3.63, 3.8) is 0 Å². The van der Waals surface area contributed by atoms with Crippen molar-refractivity contribution in [1.29, 1.82) is 0 Å². The van der Waals surface area contributed by atoms with E-state index in [-0.39, 0.29) is 23.8 Å². The van der Waals surface area contributed by atoms with Gasteiger partial charge in [0.2, 0.25) is 12.3 Å². The molecule has 0 aromatic carbocycles. The molecular formula is C13H25N3O6. The molecule has 128 valence electrons. The third-order valence-electron chi connectivity index (χ3n) is 2.28. The van der Waals surface area contributed by atoms with Crippen LogP contribution in [0.1, 0.15) is 39.5 Å². The number of Topliss-reactive ketones (excluding diaryl/α,β-unsaturated/α-hetero) is 1. The third-order valence-corrected chi connectivity index (χ3v) is 2.28. The molecule has 0 aliphatic carbocycles. The average molecular weight is 319 g/mol. The highest BCUT2D eigenvalue weighted by molar-refractivity contribution is 6.37. The normalized spacial score (nSPS) is 12.5. The summed E-state index contributed by atoms with van der Waals surface area (Å²) in [7, 11) is 0. The number of nitro groups is 1. The van der Waals surface area contributed by atoms with E-state index in [9.17, 15) is 24.5 Å². The minimum Gasteiger partial charge on any atom is -0.480 e. The monoisotopic (exact) mass is 319 g/mol. The first-order valence-corrected chi connectivity index (χ1v) is 7.20. The molecule has 1 fully saturated rings. The lowest BCUT2D eigenvalue weighted by molar-refractivity contribution is -0.479. The molecule has 0 radical (unpaired) electrons. The van der Waals surface area contributed by atoms with Gasteiger partial charge in [0.1, 0.15) is 0 Å². The zero-order valence-electron chi connectivity index (χ0n) is 13.1. The summed E-state index contributed by atoms with van der Waals surface area (Å²) in [5, 5.41) is 22.7. The number of hydrogen-bond acceptors (Lipinski definition) is 6. The Kier molecular flexibility index (Phi) is 15.5. The minimum atomic E-state index is -0.786. The van der Waals surface area contributed by atoms with E-state index in [4.69, 9.17) is 5.11 Å². The third kappa shape index (κ3) is 18.0. The van der Waals surface area contributed by atoms with E-state index < -0.39 is 11.9 Å². The second kappa shape index (κ2) is 15.4. The van der Waals surface area contributed by atoms with Gasteiger partial charge in [0, 0.05) is 24.3 Å². The number of carboxylic acids is 1. The summed E-state index contributed by atoms with van der Waals surface area (Å²) in [6.07, 6.45) is 3.16. The molecule has 9 nitrogen and oxygen atoms in total. The molecule has 9 heteroatoms. The SMILES string of the molecule is CCCCNCC(=O)O.CCC[N+](=O)[O-].O=C1CCNC1=O. The Morgan fingerprint density at radius 3 is 2.23 bits per heavy atom. The highest BCUT2D eigenvalue weighted by Crippen LogP contribution is 1.88. The Labute approximate surface area is 129 Å². The first kappa shape index (κ1) is 22.3. The fourth-order valence-electron chi connectivity index (χ4n) is 1.18. The number of carbonyl (C=O) groups is 3. The molecule has 22 heavy (non-hydrogen) atoms. The summed E-state index contributed by atoms with van der Waals surface area (Å²) < 4.78 is 0. The van der Waals surface area contributed by atoms with Gasteiger partial charge in [0.15, 0.2) is 0 Å². The molecule has 1 heterocycles. The predicted molar refractivity (Wildman–Crippen MR) is 80.2 cm³/mol. The van der Waals surface area contributed by atoms with Crippen molar-refractivity contribution in [2.45, 2.75) is 39.5 Å². The topological polar surface area (TPSA) is 139 Å². The summed E-state index contributed by atoms with van der Waals surface area (Å²) in [6.45, 7) is 5.37. The van der Waals surface area contributed by atoms with E-state index in [2.05, 4.69) is 17.6 Å². The number of ketones is 1. The lowest BCUT2D eigenvalue weighted by atomic mass is 10.3. The van der Waals surface area contributed by atoms with Crippen LogP contribution in [-0.2, 0) is 14.4 Å². The zero-order chi connectivity index (χ0) is 17.4. The van der Waals surface area contributed by atoms with Gasteiger partial charge >= 0.3 is 5.97 Å². The summed E-state index contributed by atoms with van der Waals surface area (Å²) in [4.78, 5) is 39.3. The second-order valence-electron chi connectivity index (χ2n) is 4.41. The molecule has 1 aliphatic heterocycles. The average Bonchev–Trinajstić information content (AvgIpc) is 2.80. The number of unbranched alkanes of at least 4 members (excludes halogenated alkanes) is 1. The number of nitrogens with one attached hydrogen (secondary N) is 2. The highest BCUT2D eigenvalue weighted by atomic mass is 16.6. The summed E-state index contributed by atoms with van der Waals surface area (Å²) in [5.74, 6) is -1.51. The van der Waals surface area contributed by atoms with Crippen LogP contribution in [0, 0.1) is 10.1 Å². The van der Waals surface area contributed by atoms with Gasteiger partial charge in [-0.1, -0.05) is 20.3 Å². The summed E-state index contributed by atoms with van der Waals surface area (Å²) in [6, 6.07) is 0. The number of carboxylic acid groups (broad SMARTS) is 1. The second-order valence-corrected chi connectivity index (χ2v) is 4.41. The maximum atomic E-state index is 10.2. The quantitative estimate of drug-likeness (QED) is 0.264. The van der Waals surface area contributed by atoms with E-state index in [1.54, 1.807) is 6.92 Å². The molecule has 0 spiro atoms. The van der Waals surface area contributed by atoms with Crippen LogP contribution in [0.25, 0.3) is 0 Å². The van der Waals surface area contributed by atoms with E-state index in [1.807, 2.05) is 0 Å². The smallest absolute Gasteiger partial charge is 0.317 e. The van der Waals surface area contributed by atoms with E-state index in [1.165, 1.54) is 0 Å². The molecule has 1 saturated heterocycles. The molecule has 0 bridgehead atoms. The Bertz CT molecular complexity index is 346. The molecule has 0 aromatic rings. The van der Waals surface area contributed by atoms with Gasteiger partial charge in [-0.15, -0.1) is 0 Å². The maximum absolute atomic E-state index is 10.2. The first-order chi connectivity index (χ1) is 10.3. The number of aliphatic carboxylic acids is 1. The van der Waals surface area contributed by atoms with Crippen LogP contribution in [0.3, 0.4) is 0 Å². The van der Waals surface area contributed by atoms with Crippen molar-refractivity contribution >= 4 is 17.7 Å². The van der Waals surface area contributed by atoms with Gasteiger partial charge in [-0.25, -0.2) is 0 Å². The zero-order valence-corrected chi connectivity index (χ0v) is 13.1. The molecule has 1 amide bonds. The Morgan fingerprint density at radius 2 is 2.00 bits per heavy atom. The lowest BCUT2D eigenvalue weighted by Crippen LogP contribution is -2.23. The standard InChI is InChI=1S/C6H13NO2.C4H5NO2.C3H7NO2/c1-2-3-4-7-5-6(8)9;6-3-1-2-5-4(3)7;1-2-3-4(5)6/h7H,2-5H2,1H3,(H,8,9);1-2H2,(H,5,7);2-3H2,1H3. The number of rotatable bonds is 7. The number of carbonyl (C=O) groups excluding carboxylic acids is 2. The minimum absolute atomic E-state index is 0.0833. The van der Waals surface area contributed by atoms with Gasteiger partial charge in [0.05, 0.1) is 6.54 Å². The molecule has 0 saturated carbocycles. The Balaban J connectivity index is 0. The number of nitrogens with zero attached hydrogens (tertiary/aromatic N) is 1. The van der Waals surface area contributed by atoms with Gasteiger partial charge in [-0.3, -0.25) is 24.5 Å². The van der Waals surface area contributed by atoms with Crippen LogP contribution in [0.15, 0.2) is 0 Å². The van der Waals surface area contributed by atoms with Crippen LogP contribution in [0.4, 0.5) is 0 Å². The van der Waals surface area contributed by atoms with Gasteiger partial charge in [-0.2, -0.15) is 0 Å². The number of amides is 1. The molecule has 1 rings (SSSR count). The van der Waals surface area contributed by atoms with E-state index in [0.717, 1.165) is 19.4 Å². The van der Waals surface area contributed by atoms with E-state index in [0.29, 0.717) is 19.4 Å².